The Balaban J connectivity index is 0.000000176. The summed E-state index contributed by atoms with van der Waals surface area (Å²) in [4.78, 5) is 73.5. The van der Waals surface area contributed by atoms with Crippen molar-refractivity contribution >= 4 is 192 Å². The number of alkyl halides is 3. The van der Waals surface area contributed by atoms with Crippen molar-refractivity contribution in [3.63, 3.8) is 0 Å². The first-order valence-corrected chi connectivity index (χ1v) is 43.2. The number of nitrogens with one attached hydrogen (secondary N) is 2. The molecule has 12 rings (SSSR count). The molecule has 560 valence electrons. The van der Waals surface area contributed by atoms with Crippen LogP contribution in [0, 0.1) is 17.9 Å². The van der Waals surface area contributed by atoms with E-state index in [2.05, 4.69) is 253 Å². The zero-order valence-electron chi connectivity index (χ0n) is 60.4. The minimum atomic E-state index is -5.09. The maximum absolute atomic E-state index is 13.3. The van der Waals surface area contributed by atoms with Crippen LogP contribution in [-0.4, -0.2) is 35.9 Å². The molecule has 0 aliphatic carbocycles. The molecule has 0 saturated carbocycles. The van der Waals surface area contributed by atoms with E-state index in [-0.39, 0.29) is 49.8 Å². The Bertz CT molecular complexity index is 5080. The van der Waals surface area contributed by atoms with Crippen LogP contribution in [0.2, 0.25) is 0 Å². The Labute approximate surface area is 716 Å². The number of carbonyl (C=O) groups excluding carboxylic acids is 5. The van der Waals surface area contributed by atoms with Crippen molar-refractivity contribution in [3.05, 3.63) is 348 Å². The van der Waals surface area contributed by atoms with Gasteiger partial charge in [-0.1, -0.05) is 146 Å². The SMILES string of the molecule is CC(=O)Nc1c(I)cc(I)cc1C(=O)OC(C)(C)c1ccc([S+](c2ccccc2)c2ccccc2)cc1.CC(C)(OC(=O)c1cc(I)cc(I)c1N)c1ccc([S+](c2ccccc2)c2ccccc2)cc1.CC(C)(OC(=O)c1cc(I)ccc1NC(=O)C(F)(F)F)c1ccc([S+](c2ccccc2)c2ccccc2)cc1. The van der Waals surface area contributed by atoms with Crippen LogP contribution in [0.3, 0.4) is 0 Å². The number of nitrogens with two attached hydrogens (primary N) is 1. The minimum absolute atomic E-state index is 0.168. The molecule has 0 radical (unpaired) electrons. The van der Waals surface area contributed by atoms with E-state index < -0.39 is 46.8 Å². The number of anilines is 3. The summed E-state index contributed by atoms with van der Waals surface area (Å²) in [6.45, 7) is 12.4. The quantitative estimate of drug-likeness (QED) is 0.0222. The van der Waals surface area contributed by atoms with Crippen molar-refractivity contribution in [3.8, 4) is 0 Å². The molecule has 0 bridgehead atoms. The fourth-order valence-corrected chi connectivity index (χ4v) is 21.9. The fourth-order valence-electron chi connectivity index (χ4n) is 11.4. The summed E-state index contributed by atoms with van der Waals surface area (Å²) in [5.41, 5.74) is 7.09. The third-order valence-corrected chi connectivity index (χ3v) is 27.2. The highest BCUT2D eigenvalue weighted by molar-refractivity contribution is 14.1. The van der Waals surface area contributed by atoms with Crippen LogP contribution in [-0.2, 0) is 73.3 Å². The molecule has 0 atom stereocenters. The second-order valence-corrected chi connectivity index (χ2v) is 38.2. The summed E-state index contributed by atoms with van der Waals surface area (Å²) < 4.78 is 60.2. The van der Waals surface area contributed by atoms with Crippen molar-refractivity contribution in [2.24, 2.45) is 0 Å². The predicted octanol–water partition coefficient (Wildman–Crippen LogP) is 23.7. The Morgan fingerprint density at radius 3 is 0.918 bits per heavy atom. The first-order valence-electron chi connectivity index (χ1n) is 34.1. The van der Waals surface area contributed by atoms with Gasteiger partial charge in [0.25, 0.3) is 0 Å². The van der Waals surface area contributed by atoms with Gasteiger partial charge in [0.15, 0.2) is 44.1 Å². The van der Waals surface area contributed by atoms with Gasteiger partial charge in [0.05, 0.1) is 66.4 Å². The van der Waals surface area contributed by atoms with Crippen LogP contribution in [0.15, 0.2) is 341 Å². The van der Waals surface area contributed by atoms with Crippen LogP contribution in [0.1, 0.15) is 96.2 Å². The molecule has 0 fully saturated rings. The molecule has 0 unspecified atom stereocenters. The van der Waals surface area contributed by atoms with Crippen molar-refractivity contribution in [1.82, 2.24) is 0 Å². The van der Waals surface area contributed by atoms with Gasteiger partial charge in [-0.2, -0.15) is 13.2 Å². The van der Waals surface area contributed by atoms with E-state index in [1.165, 1.54) is 54.5 Å². The Hall–Kier alpha value is -7.72. The van der Waals surface area contributed by atoms with Crippen molar-refractivity contribution in [2.45, 2.75) is 116 Å². The van der Waals surface area contributed by atoms with E-state index in [9.17, 15) is 37.1 Å². The van der Waals surface area contributed by atoms with E-state index in [1.807, 2.05) is 159 Å². The lowest BCUT2D eigenvalue weighted by molar-refractivity contribution is -0.167. The Morgan fingerprint density at radius 1 is 0.336 bits per heavy atom. The van der Waals surface area contributed by atoms with Gasteiger partial charge < -0.3 is 30.6 Å². The molecule has 11 nitrogen and oxygen atoms in total. The zero-order valence-corrected chi connectivity index (χ0v) is 73.6. The number of halogens is 8. The van der Waals surface area contributed by atoms with E-state index >= 15 is 0 Å². The maximum atomic E-state index is 13.3. The summed E-state index contributed by atoms with van der Waals surface area (Å²) in [5.74, 6) is -4.16. The number of hydrogen-bond donors (Lipinski definition) is 3. The second kappa shape index (κ2) is 38.2. The summed E-state index contributed by atoms with van der Waals surface area (Å²) >= 11 is 10.5. The van der Waals surface area contributed by atoms with Gasteiger partial charge >= 0.3 is 30.0 Å². The lowest BCUT2D eigenvalue weighted by Crippen LogP contribution is -2.31. The number of amides is 2. The van der Waals surface area contributed by atoms with E-state index in [0.29, 0.717) is 31.6 Å². The summed E-state index contributed by atoms with van der Waals surface area (Å²) in [5, 5.41) is 4.54. The van der Waals surface area contributed by atoms with Crippen LogP contribution < -0.4 is 16.4 Å². The largest absolute Gasteiger partial charge is 0.471 e. The van der Waals surface area contributed by atoms with Gasteiger partial charge in [-0.25, -0.2) is 14.4 Å². The molecular weight excluding hydrogens is 2010 g/mol. The molecule has 12 aromatic carbocycles. The van der Waals surface area contributed by atoms with Gasteiger partial charge in [-0.15, -0.1) is 0 Å². The second-order valence-electron chi connectivity index (χ2n) is 26.1. The van der Waals surface area contributed by atoms with E-state index in [0.717, 1.165) is 40.1 Å². The third kappa shape index (κ3) is 22.4. The molecule has 12 aromatic rings. The fraction of sp³-hybridized carbons (Fsp3) is 0.125. The van der Waals surface area contributed by atoms with Crippen molar-refractivity contribution in [2.75, 3.05) is 16.4 Å². The van der Waals surface area contributed by atoms with Gasteiger partial charge in [0.1, 0.15) is 16.8 Å². The van der Waals surface area contributed by atoms with Crippen LogP contribution in [0.4, 0.5) is 30.2 Å². The molecule has 0 spiro atoms. The number of nitrogen functional groups attached to an aromatic ring is 1. The average molecular weight is 2090 g/mol. The number of rotatable bonds is 20. The van der Waals surface area contributed by atoms with Gasteiger partial charge in [-0.3, -0.25) is 9.59 Å². The summed E-state index contributed by atoms with van der Waals surface area (Å²) in [6, 6.07) is 98.2. The number of ether oxygens (including phenoxy) is 3. The van der Waals surface area contributed by atoms with Crippen LogP contribution in [0.5, 0.6) is 0 Å². The molecule has 2 amide bonds. The van der Waals surface area contributed by atoms with Crippen LogP contribution in [0.25, 0.3) is 0 Å². The standard InChI is InChI=1S/C30H23F3INO3S.C30H25I2NO3S.C28H23I2NO2S/c1-29(2,38-27(36)25-19-21(34)15-18-26(25)35-28(37)30(31,32)33)20-13-16-24(17-14-20)39(22-9-5-3-6-10-22)23-11-7-4-8-12-23;1-20(34)33-28-26(18-22(31)19-27(28)32)29(35)36-30(2,3)21-14-16-25(17-15-21)37(23-10-6-4-7-11-23)24-12-8-5-9-13-24;1-28(2,33-27(32)24-17-20(29)18-25(30)26(24)31)19-13-15-23(16-14-19)34(21-9-5-3-6-10-21)22-11-7-4-8-12-22/h3-19H,1-2H3;4-19H,1-3H3;3-18H,1-2H3,(H-,31,32)/p+3. The topological polar surface area (TPSA) is 163 Å². The number of hydrogen-bond acceptors (Lipinski definition) is 9. The highest BCUT2D eigenvalue weighted by atomic mass is 127. The van der Waals surface area contributed by atoms with Crippen LogP contribution >= 0.6 is 113 Å². The van der Waals surface area contributed by atoms with Gasteiger partial charge in [0.2, 0.25) is 5.91 Å². The molecule has 0 aromatic heterocycles. The summed E-state index contributed by atoms with van der Waals surface area (Å²) in [7, 11) is -0.828. The third-order valence-electron chi connectivity index (χ3n) is 16.9. The average Bonchev–Trinajstić information content (AvgIpc) is 0.802. The smallest absolute Gasteiger partial charge is 0.451 e. The maximum Gasteiger partial charge on any atom is 0.471 e. The first-order chi connectivity index (χ1) is 52.4. The molecular formula is C88H74F3I5N3O8S3+3. The Morgan fingerprint density at radius 2 is 0.609 bits per heavy atom. The van der Waals surface area contributed by atoms with E-state index in [1.54, 1.807) is 31.3 Å². The van der Waals surface area contributed by atoms with Gasteiger partial charge in [-0.05, 0) is 323 Å². The Kier molecular flexibility index (Phi) is 29.4. The number of carbonyl (C=O) groups is 5. The number of benzene rings is 12. The molecule has 110 heavy (non-hydrogen) atoms. The monoisotopic (exact) mass is 2090 g/mol. The molecule has 4 N–H and O–H groups in total. The molecule has 0 aliphatic heterocycles. The first kappa shape index (κ1) is 84.7. The van der Waals surface area contributed by atoms with E-state index in [4.69, 9.17) is 19.9 Å². The normalized spacial score (nSPS) is 11.5. The summed E-state index contributed by atoms with van der Waals surface area (Å²) in [6.07, 6.45) is -5.09. The minimum Gasteiger partial charge on any atom is -0.451 e. The number of esters is 3. The highest BCUT2D eigenvalue weighted by Gasteiger charge is 2.41. The highest BCUT2D eigenvalue weighted by Crippen LogP contribution is 2.40. The molecule has 0 heterocycles. The molecule has 0 aliphatic rings. The van der Waals surface area contributed by atoms with Gasteiger partial charge in [0, 0.05) is 24.8 Å². The molecule has 0 saturated heterocycles. The predicted molar refractivity (Wildman–Crippen MR) is 476 cm³/mol. The lowest BCUT2D eigenvalue weighted by atomic mass is 9.98. The van der Waals surface area contributed by atoms with Crippen molar-refractivity contribution in [1.29, 1.82) is 0 Å². The lowest BCUT2D eigenvalue weighted by Gasteiger charge is -2.26. The zero-order chi connectivity index (χ0) is 79.1. The van der Waals surface area contributed by atoms with Crippen molar-refractivity contribution < 1.29 is 51.4 Å². The molecule has 22 heteroatoms.